The number of nitrogens with one attached hydrogen (secondary N) is 1. The standard InChI is InChI=1S/C28H23F2N3O5S3/c29-21-3-1-16(12-22(21)30)17-11-19(40-15-17)14-24-26(35)33(28(39)41-24)6-5-25(34)31-18-2-4-23(20(13-18)27(36)37)32-7-9-38-10-8-32/h1-4,11-15H,5-10H2,(H,31,34)(H,36,37). The first-order chi connectivity index (χ1) is 19.7. The van der Waals surface area contributed by atoms with Gasteiger partial charge >= 0.3 is 5.97 Å². The maximum Gasteiger partial charge on any atom is 0.337 e. The van der Waals surface area contributed by atoms with Crippen LogP contribution in [0.1, 0.15) is 21.7 Å². The number of carboxylic acid groups (broad SMARTS) is 1. The smallest absolute Gasteiger partial charge is 0.337 e. The summed E-state index contributed by atoms with van der Waals surface area (Å²) in [5, 5.41) is 14.2. The summed E-state index contributed by atoms with van der Waals surface area (Å²) in [6.45, 7) is 2.22. The van der Waals surface area contributed by atoms with Crippen LogP contribution in [0, 0.1) is 11.6 Å². The van der Waals surface area contributed by atoms with Crippen molar-refractivity contribution in [3.05, 3.63) is 74.8 Å². The van der Waals surface area contributed by atoms with Crippen molar-refractivity contribution in [2.75, 3.05) is 43.1 Å². The van der Waals surface area contributed by atoms with Crippen LogP contribution in [0.3, 0.4) is 0 Å². The van der Waals surface area contributed by atoms with Gasteiger partial charge in [0.05, 0.1) is 29.4 Å². The number of thiophene rings is 1. The van der Waals surface area contributed by atoms with Gasteiger partial charge in [0.25, 0.3) is 5.91 Å². The molecule has 2 aliphatic heterocycles. The third-order valence-corrected chi connectivity index (χ3v) is 8.70. The predicted octanol–water partition coefficient (Wildman–Crippen LogP) is 5.46. The molecule has 2 amide bonds. The quantitative estimate of drug-likeness (QED) is 0.255. The van der Waals surface area contributed by atoms with Gasteiger partial charge < -0.3 is 20.1 Å². The summed E-state index contributed by atoms with van der Waals surface area (Å²) in [7, 11) is 0. The topological polar surface area (TPSA) is 99.2 Å². The lowest BCUT2D eigenvalue weighted by Crippen LogP contribution is -2.37. The van der Waals surface area contributed by atoms with Crippen molar-refractivity contribution in [3.8, 4) is 11.1 Å². The molecule has 212 valence electrons. The predicted molar refractivity (Wildman–Crippen MR) is 159 cm³/mol. The summed E-state index contributed by atoms with van der Waals surface area (Å²) < 4.78 is 32.5. The highest BCUT2D eigenvalue weighted by molar-refractivity contribution is 8.26. The molecule has 2 saturated heterocycles. The number of carbonyl (C=O) groups is 3. The number of halogens is 2. The third kappa shape index (κ3) is 6.64. The number of anilines is 2. The molecule has 0 bridgehead atoms. The second-order valence-electron chi connectivity index (χ2n) is 9.13. The minimum absolute atomic E-state index is 0.0490. The molecule has 0 spiro atoms. The number of carboxylic acids is 1. The molecule has 0 atom stereocenters. The fourth-order valence-corrected chi connectivity index (χ4v) is 6.60. The molecular formula is C28H23F2N3O5S3. The number of amides is 2. The van der Waals surface area contributed by atoms with Crippen molar-refractivity contribution in [3.63, 3.8) is 0 Å². The van der Waals surface area contributed by atoms with Crippen LogP contribution < -0.4 is 10.2 Å². The van der Waals surface area contributed by atoms with Crippen molar-refractivity contribution < 1.29 is 33.0 Å². The molecule has 5 rings (SSSR count). The van der Waals surface area contributed by atoms with Gasteiger partial charge in [-0.05, 0) is 59.0 Å². The van der Waals surface area contributed by atoms with Crippen LogP contribution in [-0.4, -0.2) is 65.0 Å². The van der Waals surface area contributed by atoms with Crippen LogP contribution in [0.15, 0.2) is 52.7 Å². The number of rotatable bonds is 8. The maximum atomic E-state index is 13.6. The summed E-state index contributed by atoms with van der Waals surface area (Å²) in [4.78, 5) is 41.9. The number of hydrogen-bond acceptors (Lipinski definition) is 8. The van der Waals surface area contributed by atoms with E-state index >= 15 is 0 Å². The van der Waals surface area contributed by atoms with E-state index < -0.39 is 23.5 Å². The van der Waals surface area contributed by atoms with Crippen LogP contribution in [0.5, 0.6) is 0 Å². The maximum absolute atomic E-state index is 13.6. The van der Waals surface area contributed by atoms with Gasteiger partial charge in [-0.25, -0.2) is 13.6 Å². The first-order valence-corrected chi connectivity index (χ1v) is 14.6. The minimum Gasteiger partial charge on any atom is -0.478 e. The van der Waals surface area contributed by atoms with Gasteiger partial charge in [0.2, 0.25) is 5.91 Å². The number of thiocarbonyl (C=S) groups is 1. The molecule has 3 heterocycles. The second-order valence-corrected chi connectivity index (χ2v) is 11.8. The fraction of sp³-hybridized carbons (Fsp3) is 0.214. The highest BCUT2D eigenvalue weighted by atomic mass is 32.2. The van der Waals surface area contributed by atoms with Gasteiger partial charge in [-0.2, -0.15) is 0 Å². The number of nitrogens with zero attached hydrogens (tertiary/aromatic N) is 2. The van der Waals surface area contributed by atoms with Crippen molar-refractivity contribution in [1.82, 2.24) is 4.90 Å². The van der Waals surface area contributed by atoms with Gasteiger partial charge in [-0.3, -0.25) is 14.5 Å². The normalized spacial score (nSPS) is 16.5. The van der Waals surface area contributed by atoms with Gasteiger partial charge in [0.15, 0.2) is 11.6 Å². The third-order valence-electron chi connectivity index (χ3n) is 6.44. The zero-order chi connectivity index (χ0) is 29.1. The first kappa shape index (κ1) is 28.9. The van der Waals surface area contributed by atoms with Crippen LogP contribution in [0.4, 0.5) is 20.2 Å². The van der Waals surface area contributed by atoms with Crippen LogP contribution in [0.2, 0.25) is 0 Å². The summed E-state index contributed by atoms with van der Waals surface area (Å²) in [6.07, 6.45) is 1.63. The summed E-state index contributed by atoms with van der Waals surface area (Å²) >= 11 is 7.83. The van der Waals surface area contributed by atoms with E-state index in [1.54, 1.807) is 29.7 Å². The molecule has 0 unspecified atom stereocenters. The fourth-order valence-electron chi connectivity index (χ4n) is 4.38. The molecule has 2 aromatic carbocycles. The van der Waals surface area contributed by atoms with Crippen molar-refractivity contribution in [1.29, 1.82) is 0 Å². The number of carbonyl (C=O) groups excluding carboxylic acids is 2. The van der Waals surface area contributed by atoms with E-state index in [9.17, 15) is 28.3 Å². The van der Waals surface area contributed by atoms with Gasteiger partial charge in [0.1, 0.15) is 4.32 Å². The molecule has 1 aromatic heterocycles. The average molecular weight is 616 g/mol. The minimum atomic E-state index is -1.10. The zero-order valence-electron chi connectivity index (χ0n) is 21.4. The molecule has 0 saturated carbocycles. The Morgan fingerprint density at radius 3 is 2.59 bits per heavy atom. The van der Waals surface area contributed by atoms with Crippen molar-refractivity contribution in [2.45, 2.75) is 6.42 Å². The van der Waals surface area contributed by atoms with E-state index in [4.69, 9.17) is 17.0 Å². The molecule has 0 aliphatic carbocycles. The number of morpholine rings is 1. The lowest BCUT2D eigenvalue weighted by molar-refractivity contribution is -0.122. The highest BCUT2D eigenvalue weighted by Crippen LogP contribution is 2.35. The molecule has 8 nitrogen and oxygen atoms in total. The van der Waals surface area contributed by atoms with E-state index in [0.29, 0.717) is 58.0 Å². The van der Waals surface area contributed by atoms with Gasteiger partial charge in [0, 0.05) is 36.6 Å². The Bertz CT molecular complexity index is 1570. The van der Waals surface area contributed by atoms with E-state index in [1.807, 2.05) is 4.90 Å². The Balaban J connectivity index is 1.20. The van der Waals surface area contributed by atoms with Crippen molar-refractivity contribution >= 4 is 74.9 Å². The molecule has 2 aliphatic rings. The molecule has 0 radical (unpaired) electrons. The van der Waals surface area contributed by atoms with Gasteiger partial charge in [-0.1, -0.05) is 30.0 Å². The van der Waals surface area contributed by atoms with E-state index in [2.05, 4.69) is 5.32 Å². The number of aromatic carboxylic acids is 1. The Morgan fingerprint density at radius 2 is 1.85 bits per heavy atom. The SMILES string of the molecule is O=C(CCN1C(=O)C(=Cc2cc(-c3ccc(F)c(F)c3)cs2)SC1=S)Nc1ccc(N2CCOCC2)c(C(=O)O)c1. The Kier molecular flexibility index (Phi) is 8.78. The largest absolute Gasteiger partial charge is 0.478 e. The first-order valence-electron chi connectivity index (χ1n) is 12.5. The molecular weight excluding hydrogens is 593 g/mol. The Morgan fingerprint density at radius 1 is 1.07 bits per heavy atom. The lowest BCUT2D eigenvalue weighted by Gasteiger charge is -2.30. The molecule has 2 fully saturated rings. The summed E-state index contributed by atoms with van der Waals surface area (Å²) in [5.74, 6) is -3.69. The Labute approximate surface area is 247 Å². The van der Waals surface area contributed by atoms with Crippen LogP contribution in [-0.2, 0) is 14.3 Å². The van der Waals surface area contributed by atoms with E-state index in [0.717, 1.165) is 28.8 Å². The number of benzene rings is 2. The van der Waals surface area contributed by atoms with E-state index in [1.165, 1.54) is 28.4 Å². The second kappa shape index (κ2) is 12.5. The van der Waals surface area contributed by atoms with Crippen LogP contribution in [0.25, 0.3) is 17.2 Å². The number of ether oxygens (including phenoxy) is 1. The van der Waals surface area contributed by atoms with E-state index in [-0.39, 0.29) is 24.4 Å². The summed E-state index contributed by atoms with van der Waals surface area (Å²) in [5.41, 5.74) is 2.18. The zero-order valence-corrected chi connectivity index (χ0v) is 23.8. The summed E-state index contributed by atoms with van der Waals surface area (Å²) in [6, 6.07) is 10.2. The number of hydrogen-bond donors (Lipinski definition) is 2. The van der Waals surface area contributed by atoms with Gasteiger partial charge in [-0.15, -0.1) is 11.3 Å². The number of thioether (sulfide) groups is 1. The molecule has 2 N–H and O–H groups in total. The molecule has 13 heteroatoms. The molecule has 41 heavy (non-hydrogen) atoms. The highest BCUT2D eigenvalue weighted by Gasteiger charge is 2.32. The van der Waals surface area contributed by atoms with Crippen molar-refractivity contribution in [2.24, 2.45) is 0 Å². The lowest BCUT2D eigenvalue weighted by atomic mass is 10.1. The Hall–Kier alpha value is -3.65. The average Bonchev–Trinajstić information content (AvgIpc) is 3.53. The molecule has 3 aromatic rings. The van der Waals surface area contributed by atoms with Crippen LogP contribution >= 0.6 is 35.3 Å². The monoisotopic (exact) mass is 615 g/mol.